The SMILES string of the molecule is CC[C@H](C)c1ccc(NC(=O)CN2C(=O)N[C@@](C)(c3ccccc3)C2=O)cc1. The number of rotatable bonds is 6. The predicted molar refractivity (Wildman–Crippen MR) is 108 cm³/mol. The van der Waals surface area contributed by atoms with Crippen LogP contribution in [0.4, 0.5) is 10.5 Å². The van der Waals surface area contributed by atoms with Crippen molar-refractivity contribution in [1.82, 2.24) is 10.2 Å². The van der Waals surface area contributed by atoms with Crippen LogP contribution in [-0.2, 0) is 15.1 Å². The number of carbonyl (C=O) groups excluding carboxylic acids is 3. The molecule has 0 aromatic heterocycles. The van der Waals surface area contributed by atoms with E-state index in [1.165, 1.54) is 5.56 Å². The van der Waals surface area contributed by atoms with Gasteiger partial charge in [0.15, 0.2) is 0 Å². The fourth-order valence-corrected chi connectivity index (χ4v) is 3.28. The molecule has 28 heavy (non-hydrogen) atoms. The summed E-state index contributed by atoms with van der Waals surface area (Å²) in [7, 11) is 0. The molecule has 1 fully saturated rings. The lowest BCUT2D eigenvalue weighted by Gasteiger charge is -2.22. The Balaban J connectivity index is 1.67. The maximum Gasteiger partial charge on any atom is 0.325 e. The Labute approximate surface area is 164 Å². The van der Waals surface area contributed by atoms with Gasteiger partial charge in [-0.2, -0.15) is 0 Å². The summed E-state index contributed by atoms with van der Waals surface area (Å²) in [5.74, 6) is -0.408. The highest BCUT2D eigenvalue weighted by Crippen LogP contribution is 2.28. The van der Waals surface area contributed by atoms with E-state index in [1.54, 1.807) is 31.2 Å². The average molecular weight is 379 g/mol. The number of urea groups is 1. The van der Waals surface area contributed by atoms with Crippen molar-refractivity contribution in [2.45, 2.75) is 38.6 Å². The molecular weight excluding hydrogens is 354 g/mol. The molecule has 1 aliphatic heterocycles. The van der Waals surface area contributed by atoms with Gasteiger partial charge in [0, 0.05) is 5.69 Å². The molecule has 6 nitrogen and oxygen atoms in total. The monoisotopic (exact) mass is 379 g/mol. The van der Waals surface area contributed by atoms with E-state index >= 15 is 0 Å². The van der Waals surface area contributed by atoms with Crippen LogP contribution in [0.15, 0.2) is 54.6 Å². The molecule has 2 aromatic rings. The topological polar surface area (TPSA) is 78.5 Å². The van der Waals surface area contributed by atoms with Gasteiger partial charge in [-0.1, -0.05) is 56.3 Å². The van der Waals surface area contributed by atoms with E-state index in [-0.39, 0.29) is 6.54 Å². The second kappa shape index (κ2) is 7.84. The summed E-state index contributed by atoms with van der Waals surface area (Å²) in [5.41, 5.74) is 1.34. The fourth-order valence-electron chi connectivity index (χ4n) is 3.28. The van der Waals surface area contributed by atoms with Crippen LogP contribution >= 0.6 is 0 Å². The normalized spacial score (nSPS) is 20.0. The molecule has 3 rings (SSSR count). The van der Waals surface area contributed by atoms with Crippen molar-refractivity contribution in [2.24, 2.45) is 0 Å². The molecule has 0 saturated carbocycles. The van der Waals surface area contributed by atoms with Crippen molar-refractivity contribution in [3.63, 3.8) is 0 Å². The number of nitrogens with one attached hydrogen (secondary N) is 2. The first-order chi connectivity index (χ1) is 13.3. The van der Waals surface area contributed by atoms with Crippen molar-refractivity contribution in [3.8, 4) is 0 Å². The molecule has 2 atom stereocenters. The molecular formula is C22H25N3O3. The van der Waals surface area contributed by atoms with Gasteiger partial charge in [-0.25, -0.2) is 4.79 Å². The summed E-state index contributed by atoms with van der Waals surface area (Å²) in [4.78, 5) is 38.5. The van der Waals surface area contributed by atoms with Gasteiger partial charge >= 0.3 is 6.03 Å². The maximum absolute atomic E-state index is 12.8. The van der Waals surface area contributed by atoms with E-state index in [0.717, 1.165) is 11.3 Å². The molecule has 4 amide bonds. The Morgan fingerprint density at radius 2 is 1.75 bits per heavy atom. The fraction of sp³-hybridized carbons (Fsp3) is 0.318. The summed E-state index contributed by atoms with van der Waals surface area (Å²) in [6.07, 6.45) is 1.04. The zero-order valence-corrected chi connectivity index (χ0v) is 16.4. The lowest BCUT2D eigenvalue weighted by molar-refractivity contribution is -0.133. The highest BCUT2D eigenvalue weighted by molar-refractivity contribution is 6.10. The van der Waals surface area contributed by atoms with Crippen LogP contribution in [0.5, 0.6) is 0 Å². The highest BCUT2D eigenvalue weighted by atomic mass is 16.2. The molecule has 1 aliphatic rings. The molecule has 0 radical (unpaired) electrons. The Morgan fingerprint density at radius 1 is 1.11 bits per heavy atom. The Bertz CT molecular complexity index is 880. The number of imide groups is 1. The summed E-state index contributed by atoms with van der Waals surface area (Å²) in [5, 5.41) is 5.45. The minimum atomic E-state index is -1.17. The van der Waals surface area contributed by atoms with Crippen LogP contribution in [0.2, 0.25) is 0 Å². The number of hydrogen-bond acceptors (Lipinski definition) is 3. The molecule has 0 aliphatic carbocycles. The molecule has 2 aromatic carbocycles. The zero-order chi connectivity index (χ0) is 20.3. The first-order valence-corrected chi connectivity index (χ1v) is 9.44. The minimum Gasteiger partial charge on any atom is -0.325 e. The van der Waals surface area contributed by atoms with Crippen molar-refractivity contribution in [1.29, 1.82) is 0 Å². The van der Waals surface area contributed by atoms with Gasteiger partial charge in [0.1, 0.15) is 12.1 Å². The third-order valence-electron chi connectivity index (χ3n) is 5.30. The van der Waals surface area contributed by atoms with Crippen LogP contribution in [0.3, 0.4) is 0 Å². The molecule has 2 N–H and O–H groups in total. The molecule has 0 unspecified atom stereocenters. The predicted octanol–water partition coefficient (Wildman–Crippen LogP) is 3.61. The van der Waals surface area contributed by atoms with Crippen molar-refractivity contribution >= 4 is 23.5 Å². The van der Waals surface area contributed by atoms with Gasteiger partial charge in [0.05, 0.1) is 0 Å². The van der Waals surface area contributed by atoms with Crippen LogP contribution in [0.1, 0.15) is 44.2 Å². The van der Waals surface area contributed by atoms with Gasteiger partial charge in [-0.05, 0) is 42.5 Å². The van der Waals surface area contributed by atoms with E-state index in [1.807, 2.05) is 30.3 Å². The average Bonchev–Trinajstić information content (AvgIpc) is 2.92. The minimum absolute atomic E-state index is 0.333. The number of amides is 4. The molecule has 6 heteroatoms. The lowest BCUT2D eigenvalue weighted by atomic mass is 9.92. The standard InChI is InChI=1S/C22H25N3O3/c1-4-15(2)16-10-12-18(13-11-16)23-19(26)14-25-20(27)22(3,24-21(25)28)17-8-6-5-7-9-17/h5-13,15H,4,14H2,1-3H3,(H,23,26)(H,24,28)/t15-,22-/m0/s1. The van der Waals surface area contributed by atoms with Crippen molar-refractivity contribution < 1.29 is 14.4 Å². The number of nitrogens with zero attached hydrogens (tertiary/aromatic N) is 1. The Morgan fingerprint density at radius 3 is 2.36 bits per heavy atom. The number of hydrogen-bond donors (Lipinski definition) is 2. The quantitative estimate of drug-likeness (QED) is 0.753. The Kier molecular flexibility index (Phi) is 5.49. The molecule has 1 heterocycles. The number of benzene rings is 2. The third-order valence-corrected chi connectivity index (χ3v) is 5.30. The summed E-state index contributed by atoms with van der Waals surface area (Å²) < 4.78 is 0. The van der Waals surface area contributed by atoms with Crippen LogP contribution in [-0.4, -0.2) is 29.3 Å². The van der Waals surface area contributed by atoms with E-state index in [4.69, 9.17) is 0 Å². The molecule has 146 valence electrons. The van der Waals surface area contributed by atoms with E-state index < -0.39 is 23.4 Å². The van der Waals surface area contributed by atoms with Crippen LogP contribution < -0.4 is 10.6 Å². The van der Waals surface area contributed by atoms with Crippen molar-refractivity contribution in [3.05, 3.63) is 65.7 Å². The largest absolute Gasteiger partial charge is 0.325 e. The second-order valence-electron chi connectivity index (χ2n) is 7.29. The smallest absolute Gasteiger partial charge is 0.325 e. The zero-order valence-electron chi connectivity index (χ0n) is 16.4. The van der Waals surface area contributed by atoms with Crippen LogP contribution in [0, 0.1) is 0 Å². The number of carbonyl (C=O) groups is 3. The third kappa shape index (κ3) is 3.76. The van der Waals surface area contributed by atoms with E-state index in [9.17, 15) is 14.4 Å². The van der Waals surface area contributed by atoms with Gasteiger partial charge in [0.25, 0.3) is 5.91 Å². The number of anilines is 1. The van der Waals surface area contributed by atoms with Gasteiger partial charge in [0.2, 0.25) is 5.91 Å². The molecule has 0 spiro atoms. The van der Waals surface area contributed by atoms with Crippen LogP contribution in [0.25, 0.3) is 0 Å². The Hall–Kier alpha value is -3.15. The van der Waals surface area contributed by atoms with Gasteiger partial charge < -0.3 is 10.6 Å². The van der Waals surface area contributed by atoms with E-state index in [2.05, 4.69) is 24.5 Å². The first kappa shape index (κ1) is 19.6. The summed E-state index contributed by atoms with van der Waals surface area (Å²) in [6.45, 7) is 5.59. The summed E-state index contributed by atoms with van der Waals surface area (Å²) >= 11 is 0. The molecule has 0 bridgehead atoms. The highest BCUT2D eigenvalue weighted by Gasteiger charge is 2.49. The maximum atomic E-state index is 12.8. The molecule has 1 saturated heterocycles. The first-order valence-electron chi connectivity index (χ1n) is 9.44. The van der Waals surface area contributed by atoms with E-state index in [0.29, 0.717) is 17.2 Å². The lowest BCUT2D eigenvalue weighted by Crippen LogP contribution is -2.42. The summed E-state index contributed by atoms with van der Waals surface area (Å²) in [6, 6.07) is 16.1. The van der Waals surface area contributed by atoms with Gasteiger partial charge in [-0.3, -0.25) is 14.5 Å². The second-order valence-corrected chi connectivity index (χ2v) is 7.29. The van der Waals surface area contributed by atoms with Gasteiger partial charge in [-0.15, -0.1) is 0 Å². The van der Waals surface area contributed by atoms with Crippen molar-refractivity contribution in [2.75, 3.05) is 11.9 Å².